The van der Waals surface area contributed by atoms with E-state index in [-0.39, 0.29) is 0 Å². The first-order valence-corrected chi connectivity index (χ1v) is 9.26. The molecule has 1 aliphatic heterocycles. The van der Waals surface area contributed by atoms with Crippen LogP contribution in [0, 0.1) is 5.92 Å². The molecule has 0 aromatic carbocycles. The SMILES string of the molecule is CCO[Si](CCCOCC1COC1)(OCC)OCC. The van der Waals surface area contributed by atoms with Crippen molar-refractivity contribution in [1.82, 2.24) is 0 Å². The molecular formula is C13H28O5Si. The Morgan fingerprint density at radius 1 is 1.00 bits per heavy atom. The smallest absolute Gasteiger partial charge is 0.381 e. The molecule has 1 saturated heterocycles. The molecule has 0 radical (unpaired) electrons. The van der Waals surface area contributed by atoms with Gasteiger partial charge in [-0.1, -0.05) is 0 Å². The van der Waals surface area contributed by atoms with E-state index in [9.17, 15) is 0 Å². The molecular weight excluding hydrogens is 264 g/mol. The van der Waals surface area contributed by atoms with Gasteiger partial charge in [0.2, 0.25) is 0 Å². The van der Waals surface area contributed by atoms with Crippen molar-refractivity contribution >= 4 is 8.80 Å². The van der Waals surface area contributed by atoms with E-state index in [0.29, 0.717) is 25.7 Å². The van der Waals surface area contributed by atoms with E-state index in [2.05, 4.69) is 0 Å². The lowest BCUT2D eigenvalue weighted by molar-refractivity contribution is -0.0717. The zero-order valence-electron chi connectivity index (χ0n) is 12.5. The molecule has 0 bridgehead atoms. The zero-order chi connectivity index (χ0) is 14.0. The summed E-state index contributed by atoms with van der Waals surface area (Å²) >= 11 is 0. The Balaban J connectivity index is 2.21. The van der Waals surface area contributed by atoms with Crippen LogP contribution in [0.15, 0.2) is 0 Å². The van der Waals surface area contributed by atoms with Crippen molar-refractivity contribution in [2.75, 3.05) is 46.2 Å². The first-order chi connectivity index (χ1) is 9.26. The fraction of sp³-hybridized carbons (Fsp3) is 1.00. The molecule has 0 saturated carbocycles. The van der Waals surface area contributed by atoms with Gasteiger partial charge in [0.1, 0.15) is 0 Å². The van der Waals surface area contributed by atoms with Crippen molar-refractivity contribution in [1.29, 1.82) is 0 Å². The Morgan fingerprint density at radius 3 is 2.00 bits per heavy atom. The number of rotatable bonds is 12. The summed E-state index contributed by atoms with van der Waals surface area (Å²) in [7, 11) is -2.47. The molecule has 6 heteroatoms. The summed E-state index contributed by atoms with van der Waals surface area (Å²) in [6.45, 7) is 11.0. The van der Waals surface area contributed by atoms with E-state index < -0.39 is 8.80 Å². The highest BCUT2D eigenvalue weighted by molar-refractivity contribution is 6.60. The molecule has 1 heterocycles. The number of hydrogen-bond donors (Lipinski definition) is 0. The highest BCUT2D eigenvalue weighted by atomic mass is 28.4. The molecule has 5 nitrogen and oxygen atoms in total. The molecule has 0 amide bonds. The van der Waals surface area contributed by atoms with Crippen molar-refractivity contribution < 1.29 is 22.8 Å². The normalized spacial score (nSPS) is 16.6. The molecule has 1 rings (SSSR count). The second-order valence-electron chi connectivity index (χ2n) is 4.56. The van der Waals surface area contributed by atoms with Gasteiger partial charge in [-0.2, -0.15) is 0 Å². The van der Waals surface area contributed by atoms with Crippen LogP contribution in [0.4, 0.5) is 0 Å². The van der Waals surface area contributed by atoms with E-state index in [1.54, 1.807) is 0 Å². The summed E-state index contributed by atoms with van der Waals surface area (Å²) < 4.78 is 28.1. The summed E-state index contributed by atoms with van der Waals surface area (Å²) in [5.41, 5.74) is 0. The molecule has 0 aliphatic carbocycles. The fourth-order valence-corrected chi connectivity index (χ4v) is 4.60. The Hall–Kier alpha value is 0.0169. The van der Waals surface area contributed by atoms with Crippen LogP contribution in [0.25, 0.3) is 0 Å². The van der Waals surface area contributed by atoms with Gasteiger partial charge < -0.3 is 22.8 Å². The Bertz CT molecular complexity index is 206. The lowest BCUT2D eigenvalue weighted by atomic mass is 10.1. The van der Waals surface area contributed by atoms with Crippen molar-refractivity contribution in [2.45, 2.75) is 33.2 Å². The van der Waals surface area contributed by atoms with Crippen molar-refractivity contribution in [2.24, 2.45) is 5.92 Å². The third kappa shape index (κ3) is 6.33. The fourth-order valence-electron chi connectivity index (χ4n) is 2.02. The minimum atomic E-state index is -2.47. The summed E-state index contributed by atoms with van der Waals surface area (Å²) in [6, 6.07) is 0.823. The third-order valence-corrected chi connectivity index (χ3v) is 6.08. The lowest BCUT2D eigenvalue weighted by Gasteiger charge is -2.29. The maximum Gasteiger partial charge on any atom is 0.501 e. The van der Waals surface area contributed by atoms with E-state index in [1.165, 1.54) is 0 Å². The molecule has 0 spiro atoms. The monoisotopic (exact) mass is 292 g/mol. The van der Waals surface area contributed by atoms with Crippen molar-refractivity contribution in [3.8, 4) is 0 Å². The molecule has 0 aromatic rings. The largest absolute Gasteiger partial charge is 0.501 e. The maximum absolute atomic E-state index is 5.79. The highest BCUT2D eigenvalue weighted by Crippen LogP contribution is 2.18. The Morgan fingerprint density at radius 2 is 1.58 bits per heavy atom. The molecule has 0 atom stereocenters. The number of hydrogen-bond acceptors (Lipinski definition) is 5. The van der Waals surface area contributed by atoms with Gasteiger partial charge in [0.25, 0.3) is 0 Å². The van der Waals surface area contributed by atoms with Crippen LogP contribution in [0.5, 0.6) is 0 Å². The van der Waals surface area contributed by atoms with E-state index in [1.807, 2.05) is 20.8 Å². The maximum atomic E-state index is 5.79. The minimum absolute atomic E-state index is 0.590. The molecule has 1 aliphatic rings. The topological polar surface area (TPSA) is 46.2 Å². The van der Waals surface area contributed by atoms with Gasteiger partial charge >= 0.3 is 8.80 Å². The van der Waals surface area contributed by atoms with Crippen LogP contribution < -0.4 is 0 Å². The van der Waals surface area contributed by atoms with Gasteiger partial charge in [-0.05, 0) is 27.2 Å². The zero-order valence-corrected chi connectivity index (χ0v) is 13.5. The average molecular weight is 292 g/mol. The van der Waals surface area contributed by atoms with Gasteiger partial charge in [-0.25, -0.2) is 0 Å². The highest BCUT2D eigenvalue weighted by Gasteiger charge is 2.39. The van der Waals surface area contributed by atoms with Gasteiger partial charge in [-0.3, -0.25) is 0 Å². The van der Waals surface area contributed by atoms with Crippen LogP contribution >= 0.6 is 0 Å². The summed E-state index contributed by atoms with van der Waals surface area (Å²) in [5.74, 6) is 0.590. The molecule has 0 N–H and O–H groups in total. The van der Waals surface area contributed by atoms with Gasteiger partial charge in [0, 0.05) is 38.4 Å². The lowest BCUT2D eigenvalue weighted by Crippen LogP contribution is -2.46. The molecule has 0 unspecified atom stereocenters. The molecule has 1 fully saturated rings. The van der Waals surface area contributed by atoms with Gasteiger partial charge in [0.15, 0.2) is 0 Å². The summed E-state index contributed by atoms with van der Waals surface area (Å²) in [4.78, 5) is 0. The standard InChI is InChI=1S/C13H28O5Si/c1-4-16-19(17-5-2,18-6-3)9-7-8-14-10-13-11-15-12-13/h13H,4-12H2,1-3H3. The van der Waals surface area contributed by atoms with Crippen LogP contribution in [0.1, 0.15) is 27.2 Å². The third-order valence-electron chi connectivity index (χ3n) is 2.93. The van der Waals surface area contributed by atoms with E-state index >= 15 is 0 Å². The first kappa shape index (κ1) is 17.1. The summed E-state index contributed by atoms with van der Waals surface area (Å²) in [5, 5.41) is 0. The Labute approximate surface area is 117 Å². The Kier molecular flexibility index (Phi) is 8.85. The van der Waals surface area contributed by atoms with Crippen LogP contribution in [-0.4, -0.2) is 55.1 Å². The average Bonchev–Trinajstić information content (AvgIpc) is 2.32. The van der Waals surface area contributed by atoms with Crippen molar-refractivity contribution in [3.05, 3.63) is 0 Å². The predicted molar refractivity (Wildman–Crippen MR) is 75.2 cm³/mol. The van der Waals surface area contributed by atoms with Crippen LogP contribution in [0.2, 0.25) is 6.04 Å². The van der Waals surface area contributed by atoms with E-state index in [4.69, 9.17) is 22.8 Å². The van der Waals surface area contributed by atoms with Crippen molar-refractivity contribution in [3.63, 3.8) is 0 Å². The summed E-state index contributed by atoms with van der Waals surface area (Å²) in [6.07, 6.45) is 0.916. The van der Waals surface area contributed by atoms with Crippen LogP contribution in [0.3, 0.4) is 0 Å². The molecule has 19 heavy (non-hydrogen) atoms. The molecule has 0 aromatic heterocycles. The van der Waals surface area contributed by atoms with Gasteiger partial charge in [0.05, 0.1) is 19.8 Å². The predicted octanol–water partition coefficient (Wildman–Crippen LogP) is 2.09. The second-order valence-corrected chi connectivity index (χ2v) is 7.30. The first-order valence-electron chi connectivity index (χ1n) is 7.33. The van der Waals surface area contributed by atoms with Gasteiger partial charge in [-0.15, -0.1) is 0 Å². The van der Waals surface area contributed by atoms with E-state index in [0.717, 1.165) is 38.9 Å². The quantitative estimate of drug-likeness (QED) is 0.407. The number of ether oxygens (including phenoxy) is 2. The van der Waals surface area contributed by atoms with Crippen LogP contribution in [-0.2, 0) is 22.8 Å². The second kappa shape index (κ2) is 9.85. The molecule has 114 valence electrons. The minimum Gasteiger partial charge on any atom is -0.381 e.